The summed E-state index contributed by atoms with van der Waals surface area (Å²) in [5.74, 6) is -0.237. The number of aliphatic hydroxyl groups excluding tert-OH is 8. The van der Waals surface area contributed by atoms with E-state index in [1.165, 1.54) is 141 Å². The van der Waals surface area contributed by atoms with E-state index >= 15 is 0 Å². The molecule has 2 aliphatic rings. The third kappa shape index (κ3) is 24.7. The average Bonchev–Trinajstić information content (AvgIpc) is 3.29. The van der Waals surface area contributed by atoms with Gasteiger partial charge in [0.1, 0.15) is 48.8 Å². The highest BCUT2D eigenvalue weighted by atomic mass is 16.7. The largest absolute Gasteiger partial charge is 0.394 e. The number of unbranched alkanes of at least 4 members (excludes halogenated alkanes) is 27. The maximum Gasteiger partial charge on any atom is 0.220 e. The van der Waals surface area contributed by atoms with Gasteiger partial charge in [-0.3, -0.25) is 4.79 Å². The van der Waals surface area contributed by atoms with Crippen LogP contribution in [0.15, 0.2) is 12.2 Å². The van der Waals surface area contributed by atoms with Crippen molar-refractivity contribution in [3.8, 4) is 0 Å². The predicted molar refractivity (Wildman–Crippen MR) is 249 cm³/mol. The third-order valence-corrected chi connectivity index (χ3v) is 13.0. The molecule has 1 amide bonds. The second kappa shape index (κ2) is 37.7. The van der Waals surface area contributed by atoms with Crippen LogP contribution in [0.3, 0.4) is 0 Å². The first kappa shape index (κ1) is 58.9. The monoisotopic (exact) mass is 918 g/mol. The van der Waals surface area contributed by atoms with Crippen LogP contribution in [0.4, 0.5) is 0 Å². The Hall–Kier alpha value is -1.27. The molecule has 12 atom stereocenters. The Morgan fingerprint density at radius 3 is 1.44 bits per heavy atom. The molecule has 2 heterocycles. The highest BCUT2D eigenvalue weighted by Gasteiger charge is 2.51. The van der Waals surface area contributed by atoms with Crippen molar-refractivity contribution in [3.63, 3.8) is 0 Å². The number of aliphatic hydroxyl groups is 8. The molecule has 2 saturated heterocycles. The number of hydrogen-bond acceptors (Lipinski definition) is 13. The van der Waals surface area contributed by atoms with E-state index in [1.54, 1.807) is 6.08 Å². The van der Waals surface area contributed by atoms with Gasteiger partial charge in [0.05, 0.1) is 32.0 Å². The molecule has 64 heavy (non-hydrogen) atoms. The van der Waals surface area contributed by atoms with Gasteiger partial charge in [-0.15, -0.1) is 0 Å². The van der Waals surface area contributed by atoms with Gasteiger partial charge in [0.15, 0.2) is 12.6 Å². The molecule has 0 unspecified atom stereocenters. The van der Waals surface area contributed by atoms with Crippen LogP contribution in [0.1, 0.15) is 206 Å². The molecule has 0 radical (unpaired) electrons. The van der Waals surface area contributed by atoms with Gasteiger partial charge in [-0.2, -0.15) is 0 Å². The summed E-state index contributed by atoms with van der Waals surface area (Å²) in [6.07, 6.45) is 22.5. The first-order valence-electron chi connectivity index (χ1n) is 25.9. The smallest absolute Gasteiger partial charge is 0.220 e. The lowest BCUT2D eigenvalue weighted by molar-refractivity contribution is -0.359. The van der Waals surface area contributed by atoms with Gasteiger partial charge in [0.25, 0.3) is 0 Å². The van der Waals surface area contributed by atoms with E-state index in [0.717, 1.165) is 38.5 Å². The molecular formula is C50H95NO13. The molecule has 14 nitrogen and oxygen atoms in total. The number of allylic oxidation sites excluding steroid dienone is 1. The molecule has 0 aliphatic carbocycles. The zero-order valence-electron chi connectivity index (χ0n) is 40.0. The van der Waals surface area contributed by atoms with Gasteiger partial charge >= 0.3 is 0 Å². The minimum absolute atomic E-state index is 0.237. The lowest BCUT2D eigenvalue weighted by Gasteiger charge is -2.46. The van der Waals surface area contributed by atoms with E-state index in [0.29, 0.717) is 6.42 Å². The molecular weight excluding hydrogens is 823 g/mol. The third-order valence-electron chi connectivity index (χ3n) is 13.0. The van der Waals surface area contributed by atoms with E-state index in [4.69, 9.17) is 18.9 Å². The fourth-order valence-corrected chi connectivity index (χ4v) is 8.70. The Kier molecular flexibility index (Phi) is 34.7. The molecule has 0 aromatic carbocycles. The zero-order valence-corrected chi connectivity index (χ0v) is 40.0. The predicted octanol–water partition coefficient (Wildman–Crippen LogP) is 6.77. The van der Waals surface area contributed by atoms with Crippen molar-refractivity contribution in [2.24, 2.45) is 0 Å². The lowest BCUT2D eigenvalue weighted by atomic mass is 9.97. The summed E-state index contributed by atoms with van der Waals surface area (Å²) in [6.45, 7) is 2.79. The number of hydrogen-bond donors (Lipinski definition) is 9. The number of carbonyl (C=O) groups is 1. The van der Waals surface area contributed by atoms with E-state index in [-0.39, 0.29) is 18.9 Å². The van der Waals surface area contributed by atoms with Crippen molar-refractivity contribution >= 4 is 5.91 Å². The van der Waals surface area contributed by atoms with Crippen molar-refractivity contribution in [3.05, 3.63) is 12.2 Å². The first-order chi connectivity index (χ1) is 31.1. The van der Waals surface area contributed by atoms with E-state index in [9.17, 15) is 45.6 Å². The number of rotatable bonds is 40. The number of amides is 1. The molecule has 2 rings (SSSR count). The number of ether oxygens (including phenoxy) is 4. The number of carbonyl (C=O) groups excluding carboxylic acids is 1. The van der Waals surface area contributed by atoms with E-state index in [2.05, 4.69) is 19.2 Å². The highest BCUT2D eigenvalue weighted by molar-refractivity contribution is 5.76. The zero-order chi connectivity index (χ0) is 46.8. The van der Waals surface area contributed by atoms with Gasteiger partial charge in [-0.25, -0.2) is 0 Å². The Bertz CT molecular complexity index is 1130. The summed E-state index contributed by atoms with van der Waals surface area (Å²) >= 11 is 0. The van der Waals surface area contributed by atoms with Crippen LogP contribution in [0.5, 0.6) is 0 Å². The molecule has 2 fully saturated rings. The van der Waals surface area contributed by atoms with Crippen molar-refractivity contribution in [2.45, 2.75) is 280 Å². The van der Waals surface area contributed by atoms with Crippen molar-refractivity contribution in [1.82, 2.24) is 5.32 Å². The maximum atomic E-state index is 13.2. The topological polar surface area (TPSA) is 228 Å². The molecule has 0 saturated carbocycles. The average molecular weight is 918 g/mol. The van der Waals surface area contributed by atoms with Crippen LogP contribution in [0.25, 0.3) is 0 Å². The summed E-state index contributed by atoms with van der Waals surface area (Å²) in [6, 6.07) is -0.907. The Labute approximate surface area is 386 Å². The van der Waals surface area contributed by atoms with Gasteiger partial charge in [-0.05, 0) is 19.3 Å². The summed E-state index contributed by atoms with van der Waals surface area (Å²) in [4.78, 5) is 13.2. The van der Waals surface area contributed by atoms with Crippen LogP contribution in [0.2, 0.25) is 0 Å². The second-order valence-electron chi connectivity index (χ2n) is 18.7. The summed E-state index contributed by atoms with van der Waals surface area (Å²) < 4.78 is 22.7. The van der Waals surface area contributed by atoms with Gasteiger partial charge in [0, 0.05) is 6.42 Å². The molecule has 0 aromatic heterocycles. The van der Waals surface area contributed by atoms with Gasteiger partial charge in [0.2, 0.25) is 5.91 Å². The molecule has 0 bridgehead atoms. The Balaban J connectivity index is 1.83. The lowest BCUT2D eigenvalue weighted by Crippen LogP contribution is -2.65. The summed E-state index contributed by atoms with van der Waals surface area (Å²) in [5, 5.41) is 86.7. The first-order valence-corrected chi connectivity index (χ1v) is 25.9. The number of nitrogens with one attached hydrogen (secondary N) is 1. The van der Waals surface area contributed by atoms with Crippen LogP contribution < -0.4 is 5.32 Å². The molecule has 2 aliphatic heterocycles. The minimum Gasteiger partial charge on any atom is -0.394 e. The SMILES string of the molecule is CCCCCCCCCCCCC/C=C/[C@@H](O)[C@H](CO[C@@H]1O[C@H](CO)[C@@H](O[C@@H]2O[C@H](CO)[C@H](O)[C@H](O)[C@H]2O)[C@H](O)[C@H]1O)NC(=O)CCCCCCCCCCCCCCCCCCC. The van der Waals surface area contributed by atoms with Crippen LogP contribution in [-0.2, 0) is 23.7 Å². The molecule has 14 heteroatoms. The van der Waals surface area contributed by atoms with Crippen LogP contribution >= 0.6 is 0 Å². The summed E-state index contributed by atoms with van der Waals surface area (Å²) in [5.41, 5.74) is 0. The van der Waals surface area contributed by atoms with Crippen molar-refractivity contribution in [1.29, 1.82) is 0 Å². The van der Waals surface area contributed by atoms with Crippen LogP contribution in [-0.4, -0.2) is 140 Å². The fraction of sp³-hybridized carbons (Fsp3) is 0.940. The van der Waals surface area contributed by atoms with Gasteiger partial charge < -0.3 is 65.1 Å². The molecule has 378 valence electrons. The molecule has 0 spiro atoms. The molecule has 9 N–H and O–H groups in total. The van der Waals surface area contributed by atoms with Crippen molar-refractivity contribution < 1.29 is 64.6 Å². The summed E-state index contributed by atoms with van der Waals surface area (Å²) in [7, 11) is 0. The van der Waals surface area contributed by atoms with E-state index in [1.807, 2.05) is 6.08 Å². The van der Waals surface area contributed by atoms with Crippen molar-refractivity contribution in [2.75, 3.05) is 19.8 Å². The maximum absolute atomic E-state index is 13.2. The van der Waals surface area contributed by atoms with Crippen LogP contribution in [0, 0.1) is 0 Å². The van der Waals surface area contributed by atoms with Gasteiger partial charge in [-0.1, -0.05) is 193 Å². The Morgan fingerprint density at radius 1 is 0.547 bits per heavy atom. The standard InChI is InChI=1S/C50H95NO13/c1-3-5-7-9-11-13-15-17-18-19-20-22-24-26-28-30-32-34-42(55)51-38(39(54)33-31-29-27-25-23-21-16-14-12-10-8-6-4-2)37-61-49-47(60)45(58)48(41(36-53)63-49)64-50-46(59)44(57)43(56)40(35-52)62-50/h31,33,38-41,43-50,52-54,56-60H,3-30,32,34-37H2,1-2H3,(H,51,55)/b33-31+/t38-,39+,40+,41+,43-,44-,45+,46+,47+,48+,49+,50-/m0/s1. The normalized spacial score (nSPS) is 27.3. The quantitative estimate of drug-likeness (QED) is 0.0229. The Morgan fingerprint density at radius 2 is 0.969 bits per heavy atom. The highest BCUT2D eigenvalue weighted by Crippen LogP contribution is 2.30. The molecule has 0 aromatic rings. The minimum atomic E-state index is -1.78. The van der Waals surface area contributed by atoms with E-state index < -0.39 is 86.8 Å². The fourth-order valence-electron chi connectivity index (χ4n) is 8.70. The second-order valence-corrected chi connectivity index (χ2v) is 18.7.